The van der Waals surface area contributed by atoms with Crippen molar-refractivity contribution < 1.29 is 4.79 Å². The number of likely N-dealkylation sites (N-methyl/N-ethyl adjacent to an activating group) is 1. The molecule has 3 N–H and O–H groups in total. The van der Waals surface area contributed by atoms with Crippen molar-refractivity contribution in [3.63, 3.8) is 0 Å². The average Bonchev–Trinajstić information content (AvgIpc) is 2.77. The first-order valence-corrected chi connectivity index (χ1v) is 11.4. The van der Waals surface area contributed by atoms with Crippen LogP contribution in [-0.4, -0.2) is 84.3 Å². The quantitative estimate of drug-likeness (QED) is 0.590. The Bertz CT molecular complexity index is 965. The van der Waals surface area contributed by atoms with Crippen molar-refractivity contribution >= 4 is 11.8 Å². The lowest BCUT2D eigenvalue weighted by atomic mass is 10.0. The summed E-state index contributed by atoms with van der Waals surface area (Å²) in [6.45, 7) is 8.42. The first-order valence-electron chi connectivity index (χ1n) is 11.4. The van der Waals surface area contributed by atoms with Gasteiger partial charge in [-0.1, -0.05) is 12.1 Å². The van der Waals surface area contributed by atoms with E-state index in [1.54, 1.807) is 17.2 Å². The van der Waals surface area contributed by atoms with Gasteiger partial charge in [-0.2, -0.15) is 4.98 Å². The van der Waals surface area contributed by atoms with Gasteiger partial charge in [0.25, 0.3) is 0 Å². The molecule has 2 aliphatic heterocycles. The van der Waals surface area contributed by atoms with Gasteiger partial charge in [0, 0.05) is 58.1 Å². The maximum absolute atomic E-state index is 12.6. The Balaban J connectivity index is 1.35. The number of hydrogen-bond donors (Lipinski definition) is 3. The topological polar surface area (TPSA) is 94.5 Å². The molecule has 1 aromatic carbocycles. The Hall–Kier alpha value is -2.75. The minimum atomic E-state index is -0.418. The van der Waals surface area contributed by atoms with Crippen molar-refractivity contribution in [1.29, 1.82) is 0 Å². The Morgan fingerprint density at radius 3 is 2.53 bits per heavy atom. The minimum Gasteiger partial charge on any atom is -0.322 e. The van der Waals surface area contributed by atoms with Gasteiger partial charge in [0.15, 0.2) is 0 Å². The van der Waals surface area contributed by atoms with E-state index in [1.807, 2.05) is 12.1 Å². The molecule has 1 unspecified atom stereocenters. The van der Waals surface area contributed by atoms with Gasteiger partial charge in [0.2, 0.25) is 0 Å². The van der Waals surface area contributed by atoms with Crippen LogP contribution < -0.4 is 21.6 Å². The molecule has 1 aromatic heterocycles. The number of aromatic nitrogens is 2. The lowest BCUT2D eigenvalue weighted by Crippen LogP contribution is -2.49. The summed E-state index contributed by atoms with van der Waals surface area (Å²) in [6, 6.07) is 9.90. The molecule has 9 heteroatoms. The number of anilines is 1. The first kappa shape index (κ1) is 22.4. The van der Waals surface area contributed by atoms with Gasteiger partial charge in [-0.05, 0) is 50.1 Å². The number of nitrogens with zero attached hydrogens (tertiary/aromatic N) is 4. The Morgan fingerprint density at radius 2 is 1.91 bits per heavy atom. The normalized spacial score (nSPS) is 17.8. The van der Waals surface area contributed by atoms with E-state index >= 15 is 0 Å². The molecule has 4 rings (SSSR count). The van der Waals surface area contributed by atoms with Gasteiger partial charge in [0.05, 0.1) is 5.69 Å². The van der Waals surface area contributed by atoms with Gasteiger partial charge in [-0.25, -0.2) is 9.59 Å². The molecule has 2 aliphatic rings. The van der Waals surface area contributed by atoms with Gasteiger partial charge in [-0.3, -0.25) is 9.88 Å². The van der Waals surface area contributed by atoms with Gasteiger partial charge in [0.1, 0.15) is 5.82 Å². The third kappa shape index (κ3) is 5.53. The van der Waals surface area contributed by atoms with Crippen LogP contribution in [0, 0.1) is 5.92 Å². The summed E-state index contributed by atoms with van der Waals surface area (Å²) in [5, 5.41) is 9.25. The Labute approximate surface area is 188 Å². The predicted molar refractivity (Wildman–Crippen MR) is 125 cm³/mol. The monoisotopic (exact) mass is 439 g/mol. The fraction of sp³-hybridized carbons (Fsp3) is 0.522. The highest BCUT2D eigenvalue weighted by atomic mass is 16.2. The van der Waals surface area contributed by atoms with Crippen LogP contribution in [0.4, 0.5) is 10.6 Å². The summed E-state index contributed by atoms with van der Waals surface area (Å²) < 4.78 is 1.49. The van der Waals surface area contributed by atoms with Crippen LogP contribution in [-0.2, 0) is 6.42 Å². The van der Waals surface area contributed by atoms with E-state index in [-0.39, 0.29) is 11.8 Å². The van der Waals surface area contributed by atoms with Crippen molar-refractivity contribution in [1.82, 2.24) is 30.0 Å². The summed E-state index contributed by atoms with van der Waals surface area (Å²) in [7, 11) is 2.19. The molecular weight excluding hydrogens is 406 g/mol. The number of rotatable bonds is 7. The third-order valence-electron chi connectivity index (χ3n) is 6.35. The molecule has 2 saturated heterocycles. The lowest BCUT2D eigenvalue weighted by molar-refractivity contribution is 0.183. The number of piperazine rings is 1. The second-order valence-electron chi connectivity index (χ2n) is 8.82. The molecule has 0 spiro atoms. The molecule has 172 valence electrons. The summed E-state index contributed by atoms with van der Waals surface area (Å²) in [4.78, 5) is 33.0. The van der Waals surface area contributed by atoms with E-state index in [0.29, 0.717) is 19.1 Å². The highest BCUT2D eigenvalue weighted by Gasteiger charge is 2.21. The summed E-state index contributed by atoms with van der Waals surface area (Å²) in [6.07, 6.45) is 2.61. The standard InChI is InChI=1S/C23H33N7O2/c1-17(28(2)16-19-14-25-15-19)13-18-3-5-20(6-4-18)30-10-7-21(27-23(30)32)26-22(31)29-11-8-24-9-12-29/h3-7,10,17,19,24-25H,8-9,11-16H2,1-2H3,(H,26,27,31,32). The fourth-order valence-corrected chi connectivity index (χ4v) is 4.08. The molecule has 9 nitrogen and oxygen atoms in total. The van der Waals surface area contributed by atoms with Crippen LogP contribution >= 0.6 is 0 Å². The fourth-order valence-electron chi connectivity index (χ4n) is 4.08. The first-order chi connectivity index (χ1) is 15.5. The zero-order valence-electron chi connectivity index (χ0n) is 18.9. The maximum Gasteiger partial charge on any atom is 0.354 e. The molecule has 1 atom stereocenters. The predicted octanol–water partition coefficient (Wildman–Crippen LogP) is 0.752. The molecule has 0 radical (unpaired) electrons. The van der Waals surface area contributed by atoms with E-state index in [4.69, 9.17) is 0 Å². The van der Waals surface area contributed by atoms with Crippen LogP contribution in [0.1, 0.15) is 12.5 Å². The van der Waals surface area contributed by atoms with Crippen molar-refractivity contribution in [2.24, 2.45) is 5.92 Å². The van der Waals surface area contributed by atoms with Crippen LogP contribution in [0.15, 0.2) is 41.3 Å². The highest BCUT2D eigenvalue weighted by molar-refractivity contribution is 5.88. The molecule has 0 bridgehead atoms. The van der Waals surface area contributed by atoms with E-state index in [9.17, 15) is 9.59 Å². The van der Waals surface area contributed by atoms with Crippen LogP contribution in [0.3, 0.4) is 0 Å². The number of benzene rings is 1. The summed E-state index contributed by atoms with van der Waals surface area (Å²) >= 11 is 0. The summed E-state index contributed by atoms with van der Waals surface area (Å²) in [5.41, 5.74) is 1.58. The van der Waals surface area contributed by atoms with Crippen molar-refractivity contribution in [3.8, 4) is 5.69 Å². The Morgan fingerprint density at radius 1 is 1.19 bits per heavy atom. The zero-order chi connectivity index (χ0) is 22.5. The van der Waals surface area contributed by atoms with Gasteiger partial charge in [-0.15, -0.1) is 0 Å². The SMILES string of the molecule is CC(Cc1ccc(-n2ccc(NC(=O)N3CCNCC3)nc2=O)cc1)N(C)CC1CNC1. The molecule has 0 aliphatic carbocycles. The van der Waals surface area contributed by atoms with Gasteiger partial charge >= 0.3 is 11.7 Å². The minimum absolute atomic E-state index is 0.229. The number of amides is 2. The number of carbonyl (C=O) groups is 1. The summed E-state index contributed by atoms with van der Waals surface area (Å²) in [5.74, 6) is 1.03. The van der Waals surface area contributed by atoms with Crippen molar-refractivity contribution in [2.75, 3.05) is 58.2 Å². The molecular formula is C23H33N7O2. The zero-order valence-corrected chi connectivity index (χ0v) is 18.9. The molecule has 2 aromatic rings. The van der Waals surface area contributed by atoms with E-state index in [0.717, 1.165) is 50.7 Å². The van der Waals surface area contributed by atoms with Crippen LogP contribution in [0.25, 0.3) is 5.69 Å². The largest absolute Gasteiger partial charge is 0.354 e. The molecule has 32 heavy (non-hydrogen) atoms. The average molecular weight is 440 g/mol. The molecule has 2 amide bonds. The lowest BCUT2D eigenvalue weighted by Gasteiger charge is -2.34. The van der Waals surface area contributed by atoms with Crippen LogP contribution in [0.2, 0.25) is 0 Å². The van der Waals surface area contributed by atoms with E-state index in [1.165, 1.54) is 10.1 Å². The molecule has 2 fully saturated rings. The molecule has 3 heterocycles. The van der Waals surface area contributed by atoms with Crippen molar-refractivity contribution in [2.45, 2.75) is 19.4 Å². The number of urea groups is 1. The smallest absolute Gasteiger partial charge is 0.322 e. The second kappa shape index (κ2) is 10.2. The molecule has 0 saturated carbocycles. The number of hydrogen-bond acceptors (Lipinski definition) is 6. The Kier molecular flexibility index (Phi) is 7.19. The van der Waals surface area contributed by atoms with E-state index < -0.39 is 5.69 Å². The van der Waals surface area contributed by atoms with Gasteiger partial charge < -0.3 is 20.4 Å². The number of nitrogens with one attached hydrogen (secondary N) is 3. The highest BCUT2D eigenvalue weighted by Crippen LogP contribution is 2.14. The maximum atomic E-state index is 12.6. The van der Waals surface area contributed by atoms with Crippen LogP contribution in [0.5, 0.6) is 0 Å². The number of carbonyl (C=O) groups excluding carboxylic acids is 1. The second-order valence-corrected chi connectivity index (χ2v) is 8.82. The van der Waals surface area contributed by atoms with Crippen molar-refractivity contribution in [3.05, 3.63) is 52.6 Å². The third-order valence-corrected chi connectivity index (χ3v) is 6.35. The van der Waals surface area contributed by atoms with E-state index in [2.05, 4.69) is 51.9 Å².